The van der Waals surface area contributed by atoms with Crippen molar-refractivity contribution in [1.82, 2.24) is 9.88 Å². The SMILES string of the molecule is CCN(Cc1ccccn1)C1(CN)CCC(C)CC1C. The molecule has 3 unspecified atom stereocenters. The van der Waals surface area contributed by atoms with Gasteiger partial charge in [0.1, 0.15) is 0 Å². The summed E-state index contributed by atoms with van der Waals surface area (Å²) in [7, 11) is 0. The molecule has 2 rings (SSSR count). The van der Waals surface area contributed by atoms with Crippen LogP contribution in [-0.2, 0) is 6.54 Å². The Bertz CT molecular complexity index is 406. The fourth-order valence-corrected chi connectivity index (χ4v) is 3.86. The molecule has 0 bridgehead atoms. The second kappa shape index (κ2) is 6.68. The molecular weight excluding hydrogens is 246 g/mol. The highest BCUT2D eigenvalue weighted by Crippen LogP contribution is 2.40. The van der Waals surface area contributed by atoms with Crippen molar-refractivity contribution in [3.05, 3.63) is 30.1 Å². The molecular formula is C17H29N3. The second-order valence-corrected chi connectivity index (χ2v) is 6.42. The van der Waals surface area contributed by atoms with E-state index in [1.165, 1.54) is 19.3 Å². The number of rotatable bonds is 5. The van der Waals surface area contributed by atoms with Crippen LogP contribution in [0.2, 0.25) is 0 Å². The first kappa shape index (κ1) is 15.5. The molecule has 3 nitrogen and oxygen atoms in total. The van der Waals surface area contributed by atoms with Gasteiger partial charge < -0.3 is 5.73 Å². The smallest absolute Gasteiger partial charge is 0.0544 e. The van der Waals surface area contributed by atoms with E-state index in [-0.39, 0.29) is 5.54 Å². The van der Waals surface area contributed by atoms with E-state index >= 15 is 0 Å². The molecule has 1 aliphatic carbocycles. The molecule has 0 aliphatic heterocycles. The Kier molecular flexibility index (Phi) is 5.17. The van der Waals surface area contributed by atoms with Gasteiger partial charge in [-0.25, -0.2) is 0 Å². The third-order valence-electron chi connectivity index (χ3n) is 5.19. The van der Waals surface area contributed by atoms with Crippen molar-refractivity contribution in [1.29, 1.82) is 0 Å². The van der Waals surface area contributed by atoms with Gasteiger partial charge in [0.15, 0.2) is 0 Å². The normalized spacial score (nSPS) is 30.6. The summed E-state index contributed by atoms with van der Waals surface area (Å²) in [4.78, 5) is 7.05. The molecule has 0 radical (unpaired) electrons. The van der Waals surface area contributed by atoms with E-state index in [1.807, 2.05) is 12.3 Å². The Morgan fingerprint density at radius 2 is 2.20 bits per heavy atom. The van der Waals surface area contributed by atoms with Crippen LogP contribution in [0.4, 0.5) is 0 Å². The van der Waals surface area contributed by atoms with E-state index in [9.17, 15) is 0 Å². The van der Waals surface area contributed by atoms with Gasteiger partial charge in [0, 0.05) is 24.8 Å². The number of nitrogens with two attached hydrogens (primary N) is 1. The summed E-state index contributed by atoms with van der Waals surface area (Å²) in [5.41, 5.74) is 7.54. The van der Waals surface area contributed by atoms with Gasteiger partial charge in [0.2, 0.25) is 0 Å². The molecule has 3 heteroatoms. The zero-order valence-corrected chi connectivity index (χ0v) is 13.2. The van der Waals surface area contributed by atoms with Crippen molar-refractivity contribution in [2.45, 2.75) is 52.1 Å². The average molecular weight is 275 g/mol. The van der Waals surface area contributed by atoms with Gasteiger partial charge in [-0.2, -0.15) is 0 Å². The van der Waals surface area contributed by atoms with Crippen molar-refractivity contribution < 1.29 is 0 Å². The van der Waals surface area contributed by atoms with Crippen molar-refractivity contribution in [3.63, 3.8) is 0 Å². The summed E-state index contributed by atoms with van der Waals surface area (Å²) in [6.45, 7) is 9.68. The third kappa shape index (κ3) is 3.04. The predicted molar refractivity (Wildman–Crippen MR) is 84.3 cm³/mol. The van der Waals surface area contributed by atoms with Crippen LogP contribution < -0.4 is 5.73 Å². The molecule has 20 heavy (non-hydrogen) atoms. The first-order valence-electron chi connectivity index (χ1n) is 7.97. The Labute approximate surface area is 123 Å². The van der Waals surface area contributed by atoms with Crippen LogP contribution in [0.25, 0.3) is 0 Å². The molecule has 1 heterocycles. The van der Waals surface area contributed by atoms with Gasteiger partial charge in [-0.1, -0.05) is 26.8 Å². The minimum Gasteiger partial charge on any atom is -0.329 e. The molecule has 1 aliphatic rings. The highest BCUT2D eigenvalue weighted by molar-refractivity contribution is 5.06. The van der Waals surface area contributed by atoms with E-state index in [0.29, 0.717) is 5.92 Å². The summed E-state index contributed by atoms with van der Waals surface area (Å²) in [6.07, 6.45) is 5.67. The Balaban J connectivity index is 2.19. The fraction of sp³-hybridized carbons (Fsp3) is 0.706. The number of hydrogen-bond acceptors (Lipinski definition) is 3. The maximum absolute atomic E-state index is 6.24. The first-order valence-corrected chi connectivity index (χ1v) is 7.97. The maximum atomic E-state index is 6.24. The predicted octanol–water partition coefficient (Wildman–Crippen LogP) is 3.06. The van der Waals surface area contributed by atoms with E-state index in [0.717, 1.165) is 31.2 Å². The van der Waals surface area contributed by atoms with Crippen molar-refractivity contribution in [2.24, 2.45) is 17.6 Å². The van der Waals surface area contributed by atoms with Crippen LogP contribution in [0.5, 0.6) is 0 Å². The lowest BCUT2D eigenvalue weighted by atomic mass is 9.69. The maximum Gasteiger partial charge on any atom is 0.0544 e. The molecule has 1 fully saturated rings. The average Bonchev–Trinajstić information content (AvgIpc) is 2.47. The van der Waals surface area contributed by atoms with Crippen LogP contribution in [-0.4, -0.2) is 28.5 Å². The standard InChI is InChI=1S/C17H29N3/c1-4-20(12-16-7-5-6-10-19-16)17(13-18)9-8-14(2)11-15(17)3/h5-7,10,14-15H,4,8-9,11-13,18H2,1-3H3. The number of nitrogens with zero attached hydrogens (tertiary/aromatic N) is 2. The summed E-state index contributed by atoms with van der Waals surface area (Å²) in [5.74, 6) is 1.48. The van der Waals surface area contributed by atoms with Gasteiger partial charge in [0.25, 0.3) is 0 Å². The number of likely N-dealkylation sites (N-methyl/N-ethyl adjacent to an activating group) is 1. The number of aromatic nitrogens is 1. The van der Waals surface area contributed by atoms with E-state index in [4.69, 9.17) is 5.73 Å². The van der Waals surface area contributed by atoms with Crippen LogP contribution in [0.3, 0.4) is 0 Å². The first-order chi connectivity index (χ1) is 9.62. The van der Waals surface area contributed by atoms with Crippen LogP contribution >= 0.6 is 0 Å². The monoisotopic (exact) mass is 275 g/mol. The molecule has 2 N–H and O–H groups in total. The van der Waals surface area contributed by atoms with Gasteiger partial charge in [0.05, 0.1) is 5.69 Å². The lowest BCUT2D eigenvalue weighted by Crippen LogP contribution is -2.59. The van der Waals surface area contributed by atoms with Crippen molar-refractivity contribution in [3.8, 4) is 0 Å². The minimum atomic E-state index is 0.152. The zero-order chi connectivity index (χ0) is 14.6. The van der Waals surface area contributed by atoms with Gasteiger partial charge in [-0.15, -0.1) is 0 Å². The van der Waals surface area contributed by atoms with Crippen molar-refractivity contribution >= 4 is 0 Å². The van der Waals surface area contributed by atoms with Gasteiger partial charge in [-0.3, -0.25) is 9.88 Å². The van der Waals surface area contributed by atoms with Crippen LogP contribution in [0, 0.1) is 11.8 Å². The van der Waals surface area contributed by atoms with E-state index in [2.05, 4.69) is 42.8 Å². The van der Waals surface area contributed by atoms with Crippen molar-refractivity contribution in [2.75, 3.05) is 13.1 Å². The fourth-order valence-electron chi connectivity index (χ4n) is 3.86. The summed E-state index contributed by atoms with van der Waals surface area (Å²) in [5, 5.41) is 0. The lowest BCUT2D eigenvalue weighted by molar-refractivity contribution is -0.00349. The quantitative estimate of drug-likeness (QED) is 0.898. The topological polar surface area (TPSA) is 42.2 Å². The highest BCUT2D eigenvalue weighted by Gasteiger charge is 2.43. The Hall–Kier alpha value is -0.930. The lowest BCUT2D eigenvalue weighted by Gasteiger charge is -2.51. The summed E-state index contributed by atoms with van der Waals surface area (Å²) < 4.78 is 0. The molecule has 0 amide bonds. The van der Waals surface area contributed by atoms with E-state index in [1.54, 1.807) is 0 Å². The van der Waals surface area contributed by atoms with Gasteiger partial charge in [-0.05, 0) is 49.8 Å². The second-order valence-electron chi connectivity index (χ2n) is 6.42. The third-order valence-corrected chi connectivity index (χ3v) is 5.19. The molecule has 0 spiro atoms. The number of hydrogen-bond donors (Lipinski definition) is 1. The zero-order valence-electron chi connectivity index (χ0n) is 13.2. The Morgan fingerprint density at radius 3 is 2.75 bits per heavy atom. The molecule has 1 aromatic heterocycles. The number of pyridine rings is 1. The molecule has 0 aromatic carbocycles. The summed E-state index contributed by atoms with van der Waals surface area (Å²) in [6, 6.07) is 6.16. The highest BCUT2D eigenvalue weighted by atomic mass is 15.2. The Morgan fingerprint density at radius 1 is 1.40 bits per heavy atom. The van der Waals surface area contributed by atoms with Crippen LogP contribution in [0.1, 0.15) is 45.7 Å². The minimum absolute atomic E-state index is 0.152. The molecule has 1 saturated carbocycles. The molecule has 1 aromatic rings. The largest absolute Gasteiger partial charge is 0.329 e. The van der Waals surface area contributed by atoms with Gasteiger partial charge >= 0.3 is 0 Å². The molecule has 112 valence electrons. The van der Waals surface area contributed by atoms with E-state index < -0.39 is 0 Å². The molecule has 3 atom stereocenters. The van der Waals surface area contributed by atoms with Crippen LogP contribution in [0.15, 0.2) is 24.4 Å². The summed E-state index contributed by atoms with van der Waals surface area (Å²) >= 11 is 0. The molecule has 0 saturated heterocycles.